The molecule has 1 aliphatic rings. The summed E-state index contributed by atoms with van der Waals surface area (Å²) in [7, 11) is 0. The Hall–Kier alpha value is -3.41. The van der Waals surface area contributed by atoms with Crippen LogP contribution in [-0.4, -0.2) is 22.3 Å². The average Bonchev–Trinajstić information content (AvgIpc) is 3.00. The molecular weight excluding hydrogens is 354 g/mol. The molecule has 1 aliphatic carbocycles. The standard InChI is InChI=1S/C22H21N3O3/c1-14(2)25-12-11-20(23-21(25)26)24-22(27)28-13-19-17-9-5-3-7-15(17)16-8-4-6-10-18(16)19/h3-12,14,19H,13H2,1-2H3,(H,23,24,26,27). The van der Waals surface area contributed by atoms with E-state index < -0.39 is 11.8 Å². The first-order valence-corrected chi connectivity index (χ1v) is 9.26. The van der Waals surface area contributed by atoms with E-state index in [1.165, 1.54) is 15.7 Å². The number of hydrogen-bond donors (Lipinski definition) is 1. The summed E-state index contributed by atoms with van der Waals surface area (Å²) in [6.07, 6.45) is 0.982. The highest BCUT2D eigenvalue weighted by molar-refractivity contribution is 5.83. The maximum atomic E-state index is 12.2. The number of anilines is 1. The van der Waals surface area contributed by atoms with E-state index in [0.717, 1.165) is 11.1 Å². The monoisotopic (exact) mass is 375 g/mol. The van der Waals surface area contributed by atoms with Crippen LogP contribution >= 0.6 is 0 Å². The van der Waals surface area contributed by atoms with Gasteiger partial charge in [0.2, 0.25) is 0 Å². The number of carbonyl (C=O) groups is 1. The van der Waals surface area contributed by atoms with Crippen LogP contribution < -0.4 is 11.0 Å². The van der Waals surface area contributed by atoms with E-state index in [1.54, 1.807) is 12.3 Å². The van der Waals surface area contributed by atoms with E-state index in [4.69, 9.17) is 4.74 Å². The first-order valence-electron chi connectivity index (χ1n) is 9.26. The van der Waals surface area contributed by atoms with Crippen molar-refractivity contribution in [2.45, 2.75) is 25.8 Å². The molecule has 28 heavy (non-hydrogen) atoms. The highest BCUT2D eigenvalue weighted by Crippen LogP contribution is 2.44. The summed E-state index contributed by atoms with van der Waals surface area (Å²) >= 11 is 0. The van der Waals surface area contributed by atoms with Crippen molar-refractivity contribution in [2.24, 2.45) is 0 Å². The highest BCUT2D eigenvalue weighted by Gasteiger charge is 2.29. The third kappa shape index (κ3) is 3.29. The zero-order valence-electron chi connectivity index (χ0n) is 15.8. The van der Waals surface area contributed by atoms with Crippen LogP contribution in [0, 0.1) is 0 Å². The van der Waals surface area contributed by atoms with E-state index >= 15 is 0 Å². The molecule has 1 aromatic heterocycles. The minimum Gasteiger partial charge on any atom is -0.448 e. The summed E-state index contributed by atoms with van der Waals surface area (Å²) < 4.78 is 6.95. The molecule has 4 rings (SSSR count). The quantitative estimate of drug-likeness (QED) is 0.742. The minimum atomic E-state index is -0.629. The number of fused-ring (bicyclic) bond motifs is 3. The lowest BCUT2D eigenvalue weighted by Crippen LogP contribution is -2.26. The van der Waals surface area contributed by atoms with Gasteiger partial charge < -0.3 is 4.74 Å². The summed E-state index contributed by atoms with van der Waals surface area (Å²) in [5.74, 6) is 0.166. The van der Waals surface area contributed by atoms with E-state index in [0.29, 0.717) is 0 Å². The van der Waals surface area contributed by atoms with Gasteiger partial charge in [-0.2, -0.15) is 4.98 Å². The number of hydrogen-bond acceptors (Lipinski definition) is 4. The molecule has 1 heterocycles. The molecule has 142 valence electrons. The Labute approximate surface area is 162 Å². The van der Waals surface area contributed by atoms with Gasteiger partial charge in [0.1, 0.15) is 12.4 Å². The van der Waals surface area contributed by atoms with Crippen molar-refractivity contribution in [1.29, 1.82) is 0 Å². The van der Waals surface area contributed by atoms with Gasteiger partial charge in [0.05, 0.1) is 0 Å². The second-order valence-corrected chi connectivity index (χ2v) is 7.05. The fourth-order valence-corrected chi connectivity index (χ4v) is 3.61. The van der Waals surface area contributed by atoms with Crippen molar-refractivity contribution < 1.29 is 9.53 Å². The molecule has 0 fully saturated rings. The lowest BCUT2D eigenvalue weighted by molar-refractivity contribution is 0.158. The Morgan fingerprint density at radius 3 is 2.25 bits per heavy atom. The summed E-state index contributed by atoms with van der Waals surface area (Å²) in [4.78, 5) is 28.1. The Kier molecular flexibility index (Phi) is 4.69. The van der Waals surface area contributed by atoms with Gasteiger partial charge in [-0.15, -0.1) is 0 Å². The number of benzene rings is 2. The maximum Gasteiger partial charge on any atom is 0.412 e. The number of ether oxygens (including phenoxy) is 1. The minimum absolute atomic E-state index is 0.00324. The van der Waals surface area contributed by atoms with Gasteiger partial charge in [0.15, 0.2) is 0 Å². The number of amides is 1. The van der Waals surface area contributed by atoms with Gasteiger partial charge in [0.25, 0.3) is 0 Å². The van der Waals surface area contributed by atoms with E-state index in [-0.39, 0.29) is 24.4 Å². The molecule has 0 saturated carbocycles. The van der Waals surface area contributed by atoms with Crippen LogP contribution in [0.25, 0.3) is 11.1 Å². The highest BCUT2D eigenvalue weighted by atomic mass is 16.5. The summed E-state index contributed by atoms with van der Waals surface area (Å²) in [5.41, 5.74) is 4.23. The molecule has 6 nitrogen and oxygen atoms in total. The van der Waals surface area contributed by atoms with Crippen LogP contribution in [0.4, 0.5) is 10.6 Å². The van der Waals surface area contributed by atoms with E-state index in [1.807, 2.05) is 38.1 Å². The first kappa shape index (κ1) is 18.0. The van der Waals surface area contributed by atoms with Gasteiger partial charge in [0, 0.05) is 18.2 Å². The predicted molar refractivity (Wildman–Crippen MR) is 108 cm³/mol. The summed E-state index contributed by atoms with van der Waals surface area (Å²) in [5, 5.41) is 2.54. The van der Waals surface area contributed by atoms with Crippen molar-refractivity contribution in [3.05, 3.63) is 82.4 Å². The van der Waals surface area contributed by atoms with Crippen LogP contribution in [0.3, 0.4) is 0 Å². The average molecular weight is 375 g/mol. The first-order chi connectivity index (χ1) is 13.5. The number of nitrogens with zero attached hydrogens (tertiary/aromatic N) is 2. The van der Waals surface area contributed by atoms with Gasteiger partial charge >= 0.3 is 11.8 Å². The maximum absolute atomic E-state index is 12.2. The fraction of sp³-hybridized carbons (Fsp3) is 0.227. The predicted octanol–water partition coefficient (Wildman–Crippen LogP) is 4.19. The number of rotatable bonds is 4. The van der Waals surface area contributed by atoms with Gasteiger partial charge in [-0.3, -0.25) is 9.88 Å². The Balaban J connectivity index is 1.47. The fourth-order valence-electron chi connectivity index (χ4n) is 3.61. The number of carbonyl (C=O) groups excluding carboxylic acids is 1. The molecule has 0 saturated heterocycles. The second-order valence-electron chi connectivity index (χ2n) is 7.05. The van der Waals surface area contributed by atoms with Crippen molar-refractivity contribution in [2.75, 3.05) is 11.9 Å². The zero-order valence-corrected chi connectivity index (χ0v) is 15.8. The van der Waals surface area contributed by atoms with Crippen LogP contribution in [0.1, 0.15) is 36.9 Å². The third-order valence-corrected chi connectivity index (χ3v) is 4.96. The number of nitrogens with one attached hydrogen (secondary N) is 1. The molecule has 2 aromatic carbocycles. The molecule has 0 radical (unpaired) electrons. The molecular formula is C22H21N3O3. The second kappa shape index (κ2) is 7.31. The zero-order chi connectivity index (χ0) is 19.7. The van der Waals surface area contributed by atoms with Gasteiger partial charge in [-0.25, -0.2) is 9.59 Å². The molecule has 0 aliphatic heterocycles. The Morgan fingerprint density at radius 2 is 1.68 bits per heavy atom. The SMILES string of the molecule is CC(C)n1ccc(NC(=O)OCC2c3ccccc3-c3ccccc32)nc1=O. The Morgan fingerprint density at radius 1 is 1.07 bits per heavy atom. The van der Waals surface area contributed by atoms with Crippen LogP contribution in [0.5, 0.6) is 0 Å². The molecule has 6 heteroatoms. The topological polar surface area (TPSA) is 73.2 Å². The lowest BCUT2D eigenvalue weighted by Gasteiger charge is -2.14. The molecule has 0 spiro atoms. The normalized spacial score (nSPS) is 12.5. The van der Waals surface area contributed by atoms with E-state index in [9.17, 15) is 9.59 Å². The van der Waals surface area contributed by atoms with Crippen molar-refractivity contribution in [3.8, 4) is 11.1 Å². The summed E-state index contributed by atoms with van der Waals surface area (Å²) in [6, 6.07) is 17.9. The molecule has 1 amide bonds. The molecule has 0 atom stereocenters. The van der Waals surface area contributed by atoms with Gasteiger partial charge in [-0.1, -0.05) is 48.5 Å². The Bertz CT molecular complexity index is 1040. The largest absolute Gasteiger partial charge is 0.448 e. The van der Waals surface area contributed by atoms with Crippen LogP contribution in [-0.2, 0) is 4.74 Å². The van der Waals surface area contributed by atoms with Crippen molar-refractivity contribution in [3.63, 3.8) is 0 Å². The smallest absolute Gasteiger partial charge is 0.412 e. The van der Waals surface area contributed by atoms with Crippen LogP contribution in [0.2, 0.25) is 0 Å². The molecule has 3 aromatic rings. The third-order valence-electron chi connectivity index (χ3n) is 4.96. The van der Waals surface area contributed by atoms with Gasteiger partial charge in [-0.05, 0) is 42.2 Å². The lowest BCUT2D eigenvalue weighted by atomic mass is 9.98. The summed E-state index contributed by atoms with van der Waals surface area (Å²) in [6.45, 7) is 3.99. The van der Waals surface area contributed by atoms with Crippen molar-refractivity contribution in [1.82, 2.24) is 9.55 Å². The van der Waals surface area contributed by atoms with E-state index in [2.05, 4.69) is 34.6 Å². The molecule has 0 bridgehead atoms. The molecule has 1 N–H and O–H groups in total. The van der Waals surface area contributed by atoms with Crippen LogP contribution in [0.15, 0.2) is 65.6 Å². The van der Waals surface area contributed by atoms with Crippen molar-refractivity contribution >= 4 is 11.9 Å². The number of aromatic nitrogens is 2. The molecule has 0 unspecified atom stereocenters.